The number of halogens is 2. The molecule has 1 amide bonds. The van der Waals surface area contributed by atoms with E-state index in [0.717, 1.165) is 21.9 Å². The van der Waals surface area contributed by atoms with Crippen LogP contribution in [0, 0.1) is 0 Å². The Morgan fingerprint density at radius 3 is 2.76 bits per heavy atom. The van der Waals surface area contributed by atoms with Gasteiger partial charge in [0.2, 0.25) is 5.91 Å². The minimum Gasteiger partial charge on any atom is -0.307 e. The van der Waals surface area contributed by atoms with Gasteiger partial charge in [0.05, 0.1) is 12.2 Å². The van der Waals surface area contributed by atoms with Crippen LogP contribution in [0.5, 0.6) is 0 Å². The van der Waals surface area contributed by atoms with E-state index in [4.69, 9.17) is 23.2 Å². The first-order valence-electron chi connectivity index (χ1n) is 6.61. The lowest BCUT2D eigenvalue weighted by molar-refractivity contribution is -0.118. The number of nitrogens with zero attached hydrogens (tertiary/aromatic N) is 1. The van der Waals surface area contributed by atoms with Crippen molar-refractivity contribution in [3.8, 4) is 0 Å². The molecule has 0 saturated heterocycles. The van der Waals surface area contributed by atoms with Crippen molar-refractivity contribution in [2.24, 2.45) is 0 Å². The van der Waals surface area contributed by atoms with Gasteiger partial charge in [0, 0.05) is 27.1 Å². The van der Waals surface area contributed by atoms with Gasteiger partial charge >= 0.3 is 0 Å². The van der Waals surface area contributed by atoms with Crippen LogP contribution in [0.25, 0.3) is 0 Å². The van der Waals surface area contributed by atoms with Crippen molar-refractivity contribution in [1.82, 2.24) is 0 Å². The summed E-state index contributed by atoms with van der Waals surface area (Å²) in [6.07, 6.45) is 0.515. The molecule has 1 aliphatic heterocycles. The minimum absolute atomic E-state index is 0.100. The minimum atomic E-state index is 0.100. The zero-order valence-electron chi connectivity index (χ0n) is 11.2. The molecule has 0 saturated carbocycles. The second-order valence-electron chi connectivity index (χ2n) is 4.78. The number of anilines is 1. The first-order valence-corrected chi connectivity index (χ1v) is 8.35. The molecule has 0 bridgehead atoms. The van der Waals surface area contributed by atoms with Crippen molar-refractivity contribution >= 4 is 46.6 Å². The molecule has 0 unspecified atom stereocenters. The maximum atomic E-state index is 12.4. The molecule has 2 nitrogen and oxygen atoms in total. The zero-order valence-corrected chi connectivity index (χ0v) is 13.5. The van der Waals surface area contributed by atoms with E-state index in [0.29, 0.717) is 23.0 Å². The van der Waals surface area contributed by atoms with E-state index in [1.165, 1.54) is 0 Å². The highest BCUT2D eigenvalue weighted by Crippen LogP contribution is 2.37. The Kier molecular flexibility index (Phi) is 4.43. The molecule has 2 aromatic carbocycles. The maximum Gasteiger partial charge on any atom is 0.228 e. The molecular formula is C16H13Cl2NOS. The summed E-state index contributed by atoms with van der Waals surface area (Å²) >= 11 is 14.0. The van der Waals surface area contributed by atoms with Gasteiger partial charge in [-0.25, -0.2) is 0 Å². The number of hydrogen-bond donors (Lipinski definition) is 0. The van der Waals surface area contributed by atoms with E-state index in [-0.39, 0.29) is 5.91 Å². The lowest BCUT2D eigenvalue weighted by Gasteiger charge is -2.23. The Hall–Kier alpha value is -1.16. The third-order valence-corrected chi connectivity index (χ3v) is 5.04. The van der Waals surface area contributed by atoms with Crippen LogP contribution in [-0.2, 0) is 11.3 Å². The van der Waals surface area contributed by atoms with Gasteiger partial charge in [0.15, 0.2) is 0 Å². The number of amides is 1. The van der Waals surface area contributed by atoms with Gasteiger partial charge in [-0.05, 0) is 29.8 Å². The molecule has 3 rings (SSSR count). The second-order valence-corrected chi connectivity index (χ2v) is 6.76. The quantitative estimate of drug-likeness (QED) is 0.766. The van der Waals surface area contributed by atoms with Gasteiger partial charge in [-0.1, -0.05) is 41.4 Å². The highest BCUT2D eigenvalue weighted by Gasteiger charge is 2.23. The fraction of sp³-hybridized carbons (Fsp3) is 0.188. The van der Waals surface area contributed by atoms with Crippen LogP contribution in [0.4, 0.5) is 5.69 Å². The van der Waals surface area contributed by atoms with Gasteiger partial charge < -0.3 is 4.90 Å². The third kappa shape index (κ3) is 3.20. The summed E-state index contributed by atoms with van der Waals surface area (Å²) in [5, 5.41) is 1.30. The van der Waals surface area contributed by atoms with E-state index >= 15 is 0 Å². The summed E-state index contributed by atoms with van der Waals surface area (Å²) in [6.45, 7) is 0.465. The molecule has 108 valence electrons. The molecule has 0 N–H and O–H groups in total. The Balaban J connectivity index is 2.02. The van der Waals surface area contributed by atoms with Crippen molar-refractivity contribution in [3.05, 3.63) is 58.1 Å². The fourth-order valence-electron chi connectivity index (χ4n) is 2.31. The Morgan fingerprint density at radius 2 is 1.95 bits per heavy atom. The Labute approximate surface area is 138 Å². The first-order chi connectivity index (χ1) is 10.1. The number of fused-ring (bicyclic) bond motifs is 1. The van der Waals surface area contributed by atoms with Crippen molar-refractivity contribution in [3.63, 3.8) is 0 Å². The largest absolute Gasteiger partial charge is 0.307 e. The molecule has 0 atom stereocenters. The van der Waals surface area contributed by atoms with Crippen molar-refractivity contribution < 1.29 is 4.79 Å². The highest BCUT2D eigenvalue weighted by molar-refractivity contribution is 7.99. The maximum absolute atomic E-state index is 12.4. The number of rotatable bonds is 2. The number of carbonyl (C=O) groups excluding carboxylic acids is 1. The van der Waals surface area contributed by atoms with E-state index in [2.05, 4.69) is 0 Å². The number of thioether (sulfide) groups is 1. The molecule has 0 aliphatic carbocycles. The Bertz CT molecular complexity index is 690. The molecule has 0 aromatic heterocycles. The summed E-state index contributed by atoms with van der Waals surface area (Å²) in [5.41, 5.74) is 1.81. The van der Waals surface area contributed by atoms with Gasteiger partial charge in [0.25, 0.3) is 0 Å². The fourth-order valence-corrected chi connectivity index (χ4v) is 3.65. The summed E-state index contributed by atoms with van der Waals surface area (Å²) in [4.78, 5) is 15.3. The predicted molar refractivity (Wildman–Crippen MR) is 89.4 cm³/mol. The topological polar surface area (TPSA) is 20.3 Å². The number of hydrogen-bond acceptors (Lipinski definition) is 2. The second kappa shape index (κ2) is 6.30. The van der Waals surface area contributed by atoms with Crippen LogP contribution >= 0.6 is 35.0 Å². The summed E-state index contributed by atoms with van der Waals surface area (Å²) in [5.74, 6) is 0.885. The SMILES string of the molecule is O=C1CCSc2ccc(Cl)cc2N1Cc1ccccc1Cl. The average Bonchev–Trinajstić information content (AvgIpc) is 2.61. The van der Waals surface area contributed by atoms with Gasteiger partial charge in [-0.15, -0.1) is 11.8 Å². The first kappa shape index (κ1) is 14.8. The normalized spacial score (nSPS) is 14.8. The van der Waals surface area contributed by atoms with Crippen molar-refractivity contribution in [1.29, 1.82) is 0 Å². The molecular weight excluding hydrogens is 325 g/mol. The smallest absolute Gasteiger partial charge is 0.228 e. The van der Waals surface area contributed by atoms with E-state index < -0.39 is 0 Å². The van der Waals surface area contributed by atoms with Crippen LogP contribution in [0.2, 0.25) is 10.0 Å². The molecule has 5 heteroatoms. The van der Waals surface area contributed by atoms with Gasteiger partial charge in [-0.2, -0.15) is 0 Å². The molecule has 1 aliphatic rings. The molecule has 0 spiro atoms. The lowest BCUT2D eigenvalue weighted by atomic mass is 10.2. The van der Waals surface area contributed by atoms with Gasteiger partial charge in [0.1, 0.15) is 0 Å². The molecule has 21 heavy (non-hydrogen) atoms. The average molecular weight is 338 g/mol. The molecule has 2 aromatic rings. The van der Waals surface area contributed by atoms with Crippen LogP contribution in [0.15, 0.2) is 47.4 Å². The summed E-state index contributed by atoms with van der Waals surface area (Å²) in [6, 6.07) is 13.3. The predicted octanol–water partition coefficient (Wildman–Crippen LogP) is 5.02. The lowest BCUT2D eigenvalue weighted by Crippen LogP contribution is -2.30. The summed E-state index contributed by atoms with van der Waals surface area (Å²) < 4.78 is 0. The molecule has 0 fully saturated rings. The van der Waals surface area contributed by atoms with Crippen molar-refractivity contribution in [2.45, 2.75) is 17.9 Å². The Morgan fingerprint density at radius 1 is 1.14 bits per heavy atom. The number of benzene rings is 2. The van der Waals surface area contributed by atoms with E-state index in [1.54, 1.807) is 16.7 Å². The zero-order chi connectivity index (χ0) is 14.8. The standard InChI is InChI=1S/C16H13Cl2NOS/c17-12-5-6-15-14(9-12)19(16(20)7-8-21-15)10-11-3-1-2-4-13(11)18/h1-6,9H,7-8,10H2. The summed E-state index contributed by atoms with van der Waals surface area (Å²) in [7, 11) is 0. The molecule has 1 heterocycles. The van der Waals surface area contributed by atoms with Crippen LogP contribution < -0.4 is 4.90 Å². The van der Waals surface area contributed by atoms with Crippen molar-refractivity contribution in [2.75, 3.05) is 10.7 Å². The number of carbonyl (C=O) groups is 1. The molecule has 0 radical (unpaired) electrons. The van der Waals surface area contributed by atoms with E-state index in [1.807, 2.05) is 42.5 Å². The van der Waals surface area contributed by atoms with Crippen LogP contribution in [0.3, 0.4) is 0 Å². The van der Waals surface area contributed by atoms with E-state index in [9.17, 15) is 4.79 Å². The van der Waals surface area contributed by atoms with Gasteiger partial charge in [-0.3, -0.25) is 4.79 Å². The van der Waals surface area contributed by atoms with Crippen LogP contribution in [0.1, 0.15) is 12.0 Å². The third-order valence-electron chi connectivity index (χ3n) is 3.37. The highest BCUT2D eigenvalue weighted by atomic mass is 35.5. The van der Waals surface area contributed by atoms with Crippen LogP contribution in [-0.4, -0.2) is 11.7 Å². The monoisotopic (exact) mass is 337 g/mol.